The molecule has 2 aromatic rings. The Morgan fingerprint density at radius 2 is 1.76 bits per heavy atom. The zero-order valence-electron chi connectivity index (χ0n) is 12.7. The van der Waals surface area contributed by atoms with Gasteiger partial charge < -0.3 is 9.84 Å². The number of carboxylic acids is 1. The maximum Gasteiger partial charge on any atom is 0.430 e. The molecular weight excluding hydrogens is 357 g/mol. The van der Waals surface area contributed by atoms with Crippen molar-refractivity contribution in [1.29, 1.82) is 0 Å². The van der Waals surface area contributed by atoms with E-state index in [4.69, 9.17) is 21.4 Å². The van der Waals surface area contributed by atoms with Gasteiger partial charge in [-0.3, -0.25) is 0 Å². The highest BCUT2D eigenvalue weighted by atomic mass is 35.5. The number of alkyl halides is 3. The first-order valence-electron chi connectivity index (χ1n) is 7.29. The number of fused-ring (bicyclic) bond motifs is 1. The Kier molecular flexibility index (Phi) is 4.47. The van der Waals surface area contributed by atoms with Gasteiger partial charge in [-0.25, -0.2) is 4.79 Å². The van der Waals surface area contributed by atoms with Crippen LogP contribution in [0.4, 0.5) is 13.2 Å². The molecule has 7 heteroatoms. The fourth-order valence-electron chi connectivity index (χ4n) is 2.60. The Morgan fingerprint density at radius 1 is 1.12 bits per heavy atom. The van der Waals surface area contributed by atoms with E-state index in [1.807, 2.05) is 12.1 Å². The molecule has 25 heavy (non-hydrogen) atoms. The summed E-state index contributed by atoms with van der Waals surface area (Å²) in [6.45, 7) is 0. The molecule has 1 unspecified atom stereocenters. The van der Waals surface area contributed by atoms with Gasteiger partial charge in [0.15, 0.2) is 0 Å². The van der Waals surface area contributed by atoms with Gasteiger partial charge in [-0.2, -0.15) is 13.2 Å². The van der Waals surface area contributed by atoms with Gasteiger partial charge in [-0.05, 0) is 41.8 Å². The van der Waals surface area contributed by atoms with Gasteiger partial charge in [-0.1, -0.05) is 35.9 Å². The predicted molar refractivity (Wildman–Crippen MR) is 86.8 cm³/mol. The Balaban J connectivity index is 1.93. The van der Waals surface area contributed by atoms with Crippen LogP contribution in [0.5, 0.6) is 5.75 Å². The van der Waals surface area contributed by atoms with Gasteiger partial charge >= 0.3 is 12.1 Å². The van der Waals surface area contributed by atoms with Crippen LogP contribution in [0, 0.1) is 0 Å². The Hall–Kier alpha value is -2.47. The third kappa shape index (κ3) is 3.79. The molecule has 0 amide bonds. The second kappa shape index (κ2) is 6.44. The number of carboxylic acid groups (broad SMARTS) is 1. The molecule has 0 saturated heterocycles. The normalized spacial score (nSPS) is 16.6. The molecule has 0 bridgehead atoms. The molecule has 3 rings (SSSR count). The minimum Gasteiger partial charge on any atom is -0.478 e. The van der Waals surface area contributed by atoms with Gasteiger partial charge in [0.05, 0.1) is 5.57 Å². The van der Waals surface area contributed by atoms with Crippen LogP contribution in [-0.4, -0.2) is 23.4 Å². The van der Waals surface area contributed by atoms with Crippen molar-refractivity contribution < 1.29 is 27.8 Å². The van der Waals surface area contributed by atoms with E-state index in [-0.39, 0.29) is 5.75 Å². The van der Waals surface area contributed by atoms with E-state index in [1.54, 1.807) is 24.3 Å². The van der Waals surface area contributed by atoms with Crippen molar-refractivity contribution in [2.75, 3.05) is 0 Å². The molecule has 0 fully saturated rings. The number of carbonyl (C=O) groups is 1. The van der Waals surface area contributed by atoms with Gasteiger partial charge in [0, 0.05) is 10.6 Å². The van der Waals surface area contributed by atoms with Crippen molar-refractivity contribution in [1.82, 2.24) is 0 Å². The third-order valence-corrected chi connectivity index (χ3v) is 4.03. The zero-order chi connectivity index (χ0) is 18.2. The lowest BCUT2D eigenvalue weighted by Crippen LogP contribution is -2.40. The van der Waals surface area contributed by atoms with Crippen molar-refractivity contribution in [2.24, 2.45) is 0 Å². The predicted octanol–water partition coefficient (Wildman–Crippen LogP) is 4.72. The minimum absolute atomic E-state index is 0.0128. The first kappa shape index (κ1) is 17.4. The lowest BCUT2D eigenvalue weighted by atomic mass is 9.98. The fourth-order valence-corrected chi connectivity index (χ4v) is 2.72. The molecule has 0 radical (unpaired) electrons. The summed E-state index contributed by atoms with van der Waals surface area (Å²) in [5, 5.41) is 9.60. The number of hydrogen-bond acceptors (Lipinski definition) is 2. The number of halogens is 4. The van der Waals surface area contributed by atoms with Crippen LogP contribution in [0.1, 0.15) is 16.7 Å². The molecule has 0 aliphatic carbocycles. The summed E-state index contributed by atoms with van der Waals surface area (Å²) in [5.41, 5.74) is 1.16. The molecule has 0 saturated carbocycles. The number of ether oxygens (including phenoxy) is 1. The summed E-state index contributed by atoms with van der Waals surface area (Å²) >= 11 is 5.83. The molecule has 2 aromatic carbocycles. The van der Waals surface area contributed by atoms with E-state index >= 15 is 0 Å². The molecule has 0 aromatic heterocycles. The summed E-state index contributed by atoms with van der Waals surface area (Å²) < 4.78 is 44.2. The van der Waals surface area contributed by atoms with E-state index in [1.165, 1.54) is 6.07 Å². The van der Waals surface area contributed by atoms with Crippen LogP contribution < -0.4 is 4.74 Å². The number of hydrogen-bond donors (Lipinski definition) is 1. The molecule has 1 aliphatic rings. The monoisotopic (exact) mass is 368 g/mol. The number of benzene rings is 2. The zero-order valence-corrected chi connectivity index (χ0v) is 13.4. The second-order valence-electron chi connectivity index (χ2n) is 5.62. The summed E-state index contributed by atoms with van der Waals surface area (Å²) in [4.78, 5) is 11.1. The molecule has 1 N–H and O–H groups in total. The van der Waals surface area contributed by atoms with Crippen LogP contribution in [-0.2, 0) is 11.2 Å². The van der Waals surface area contributed by atoms with Crippen molar-refractivity contribution in [3.63, 3.8) is 0 Å². The summed E-state index contributed by atoms with van der Waals surface area (Å²) in [6.07, 6.45) is -5.80. The average molecular weight is 369 g/mol. The van der Waals surface area contributed by atoms with E-state index < -0.39 is 23.8 Å². The van der Waals surface area contributed by atoms with E-state index in [0.717, 1.165) is 17.2 Å². The average Bonchev–Trinajstić information content (AvgIpc) is 2.55. The van der Waals surface area contributed by atoms with Crippen LogP contribution >= 0.6 is 11.6 Å². The van der Waals surface area contributed by atoms with E-state index in [0.29, 0.717) is 17.0 Å². The lowest BCUT2D eigenvalue weighted by Gasteiger charge is -2.27. The van der Waals surface area contributed by atoms with E-state index in [9.17, 15) is 18.0 Å². The van der Waals surface area contributed by atoms with Crippen LogP contribution in [0.25, 0.3) is 6.08 Å². The highest BCUT2D eigenvalue weighted by molar-refractivity contribution is 6.30. The Morgan fingerprint density at radius 3 is 2.36 bits per heavy atom. The first-order chi connectivity index (χ1) is 11.7. The van der Waals surface area contributed by atoms with Gasteiger partial charge in [0.25, 0.3) is 0 Å². The first-order valence-corrected chi connectivity index (χ1v) is 7.67. The topological polar surface area (TPSA) is 46.5 Å². The quantitative estimate of drug-likeness (QED) is 0.852. The lowest BCUT2D eigenvalue weighted by molar-refractivity contribution is -0.187. The highest BCUT2D eigenvalue weighted by Gasteiger charge is 2.48. The Labute approximate surface area is 146 Å². The molecule has 0 spiro atoms. The molecule has 1 aliphatic heterocycles. The molecule has 1 atom stereocenters. The third-order valence-electron chi connectivity index (χ3n) is 3.78. The van der Waals surface area contributed by atoms with Gasteiger partial charge in [0.1, 0.15) is 5.75 Å². The molecule has 130 valence electrons. The highest BCUT2D eigenvalue weighted by Crippen LogP contribution is 2.37. The largest absolute Gasteiger partial charge is 0.478 e. The van der Waals surface area contributed by atoms with Crippen LogP contribution in [0.2, 0.25) is 5.02 Å². The van der Waals surface area contributed by atoms with E-state index in [2.05, 4.69) is 0 Å². The standard InChI is InChI=1S/C18H12ClF3O3/c19-13-5-2-10(3-6-13)7-11-1-4-12-9-14(17(23)24)16(18(20,21)22)25-15(12)8-11/h1-6,8-9,16H,7H2,(H,23,24). The maximum absolute atomic E-state index is 13.1. The maximum atomic E-state index is 13.1. The van der Waals surface area contributed by atoms with Gasteiger partial charge in [-0.15, -0.1) is 0 Å². The summed E-state index contributed by atoms with van der Waals surface area (Å²) in [7, 11) is 0. The fraction of sp³-hybridized carbons (Fsp3) is 0.167. The van der Waals surface area contributed by atoms with Crippen molar-refractivity contribution in [3.05, 3.63) is 69.8 Å². The molecule has 1 heterocycles. The smallest absolute Gasteiger partial charge is 0.430 e. The second-order valence-corrected chi connectivity index (χ2v) is 6.06. The van der Waals surface area contributed by atoms with Crippen LogP contribution in [0.15, 0.2) is 48.0 Å². The number of aliphatic carboxylic acids is 1. The van der Waals surface area contributed by atoms with Crippen molar-refractivity contribution in [3.8, 4) is 5.75 Å². The number of rotatable bonds is 3. The van der Waals surface area contributed by atoms with Crippen molar-refractivity contribution in [2.45, 2.75) is 18.7 Å². The summed E-state index contributed by atoms with van der Waals surface area (Å²) in [5.74, 6) is -1.64. The Bertz CT molecular complexity index is 842. The van der Waals surface area contributed by atoms with Crippen LogP contribution in [0.3, 0.4) is 0 Å². The van der Waals surface area contributed by atoms with Gasteiger partial charge in [0.2, 0.25) is 6.10 Å². The molecular formula is C18H12ClF3O3. The SMILES string of the molecule is O=C(O)C1=Cc2ccc(Cc3ccc(Cl)cc3)cc2OC1C(F)(F)F. The molecule has 3 nitrogen and oxygen atoms in total. The minimum atomic E-state index is -4.81. The summed E-state index contributed by atoms with van der Waals surface area (Å²) in [6, 6.07) is 11.9. The van der Waals surface area contributed by atoms with Crippen molar-refractivity contribution >= 4 is 23.6 Å².